The minimum atomic E-state index is -3.90. The normalized spacial score (nSPS) is 27.3. The number of alkyl carbamates (subject to hydrolysis) is 1. The summed E-state index contributed by atoms with van der Waals surface area (Å²) in [7, 11) is -3.90. The third kappa shape index (κ3) is 7.41. The number of benzene rings is 2. The number of sulfonamides is 1. The fraction of sp³-hybridized carbons (Fsp3) is 0.500. The van der Waals surface area contributed by atoms with E-state index in [0.717, 1.165) is 43.9 Å². The number of nitrogens with one attached hydrogen (secondary N) is 3. The molecule has 9 rings (SSSR count). The Labute approximate surface area is 330 Å². The molecule has 5 aliphatic rings. The highest BCUT2D eigenvalue weighted by molar-refractivity contribution is 7.91. The highest BCUT2D eigenvalue weighted by Crippen LogP contribution is 2.46. The Kier molecular flexibility index (Phi) is 9.82. The van der Waals surface area contributed by atoms with Crippen LogP contribution in [0.5, 0.6) is 5.75 Å². The number of furan rings is 1. The average Bonchev–Trinajstić information content (AvgIpc) is 4.01. The van der Waals surface area contributed by atoms with E-state index in [-0.39, 0.29) is 25.5 Å². The van der Waals surface area contributed by atoms with Gasteiger partial charge in [-0.25, -0.2) is 18.2 Å². The predicted octanol–water partition coefficient (Wildman–Crippen LogP) is 5.52. The number of carbonyl (C=O) groups excluding carboxylic acids is 4. The summed E-state index contributed by atoms with van der Waals surface area (Å²) in [6, 6.07) is 13.0. The molecular formula is C42H47N5O9S. The van der Waals surface area contributed by atoms with Crippen molar-refractivity contribution >= 4 is 66.8 Å². The number of hydrogen-bond acceptors (Lipinski definition) is 10. The molecule has 3 aliphatic carbocycles. The lowest BCUT2D eigenvalue weighted by atomic mass is 10.0. The zero-order valence-electron chi connectivity index (χ0n) is 31.6. The molecule has 3 saturated carbocycles. The molecular weight excluding hydrogens is 751 g/mol. The SMILES string of the molecule is O=C(N[C@H]1CCCCCC=C[C@@H]2C[C@@]2(C(=O)NS(=O)(=O)C2CC2)NC(=O)[C@@H]2C[C@@H](Oc3c4ccccc4nc4c3oc3ccccc34)CN2C1=O)OC1CCCC1. The molecule has 5 atom stereocenters. The van der Waals surface area contributed by atoms with Gasteiger partial charge in [-0.2, -0.15) is 0 Å². The maximum Gasteiger partial charge on any atom is 0.408 e. The smallest absolute Gasteiger partial charge is 0.408 e. The summed E-state index contributed by atoms with van der Waals surface area (Å²) in [6.07, 6.45) is 10.2. The molecule has 0 radical (unpaired) electrons. The largest absolute Gasteiger partial charge is 0.484 e. The quantitative estimate of drug-likeness (QED) is 0.201. The monoisotopic (exact) mass is 797 g/mol. The number of allylic oxidation sites excluding steroid dienone is 1. The zero-order chi connectivity index (χ0) is 39.3. The Bertz CT molecular complexity index is 2390. The third-order valence-corrected chi connectivity index (χ3v) is 14.0. The minimum Gasteiger partial charge on any atom is -0.484 e. The first kappa shape index (κ1) is 37.4. The van der Waals surface area contributed by atoms with Crippen molar-refractivity contribution in [2.75, 3.05) is 6.54 Å². The van der Waals surface area contributed by atoms with Crippen molar-refractivity contribution in [3.8, 4) is 5.75 Å². The molecule has 0 unspecified atom stereocenters. The van der Waals surface area contributed by atoms with Crippen molar-refractivity contribution in [3.63, 3.8) is 0 Å². The topological polar surface area (TPSA) is 186 Å². The van der Waals surface area contributed by atoms with E-state index in [4.69, 9.17) is 18.9 Å². The molecule has 15 heteroatoms. The Hall–Kier alpha value is -5.18. The molecule has 1 saturated heterocycles. The molecule has 0 bridgehead atoms. The van der Waals surface area contributed by atoms with Crippen LogP contribution in [0.15, 0.2) is 65.1 Å². The summed E-state index contributed by atoms with van der Waals surface area (Å²) in [6.45, 7) is -0.0102. The number of ether oxygens (including phenoxy) is 2. The minimum absolute atomic E-state index is 0.0102. The van der Waals surface area contributed by atoms with Crippen LogP contribution in [-0.2, 0) is 29.1 Å². The summed E-state index contributed by atoms with van der Waals surface area (Å²) in [4.78, 5) is 62.7. The van der Waals surface area contributed by atoms with Gasteiger partial charge in [-0.15, -0.1) is 0 Å². The molecule has 2 aromatic carbocycles. The van der Waals surface area contributed by atoms with E-state index in [1.165, 1.54) is 4.90 Å². The molecule has 4 heterocycles. The van der Waals surface area contributed by atoms with Gasteiger partial charge in [0, 0.05) is 23.1 Å². The van der Waals surface area contributed by atoms with Crippen molar-refractivity contribution in [2.45, 2.75) is 119 Å². The molecule has 57 heavy (non-hydrogen) atoms. The average molecular weight is 798 g/mol. The number of amides is 4. The highest BCUT2D eigenvalue weighted by Gasteiger charge is 2.62. The third-order valence-electron chi connectivity index (χ3n) is 12.2. The zero-order valence-corrected chi connectivity index (χ0v) is 32.4. The first-order valence-electron chi connectivity index (χ1n) is 20.3. The standard InChI is InChI=1S/C42H47N5O9S/c48-38-33-22-27(54-36-29-15-8-10-17-31(29)43-35-30-16-9-11-19-34(30)56-37(35)36)24-47(33)39(49)32(44-41(51)55-26-13-6-7-14-26)18-5-3-1-2-4-12-25-23-42(25,45-38)40(50)46-57(52,53)28-20-21-28/h4,8-12,15-17,19,25-28,32-33H,1-3,5-7,13-14,18,20-24H2,(H,44,51)(H,45,48)(H,46,50)/t25-,27-,32+,33+,42-/m1/s1. The molecule has 4 fully saturated rings. The molecule has 2 aliphatic heterocycles. The number of rotatable bonds is 7. The van der Waals surface area contributed by atoms with Gasteiger partial charge in [0.15, 0.2) is 11.3 Å². The maximum absolute atomic E-state index is 14.7. The van der Waals surface area contributed by atoms with Crippen LogP contribution in [0.4, 0.5) is 4.79 Å². The number of aromatic nitrogens is 1. The van der Waals surface area contributed by atoms with Crippen LogP contribution in [-0.4, -0.2) is 83.7 Å². The van der Waals surface area contributed by atoms with Crippen molar-refractivity contribution < 1.29 is 41.5 Å². The van der Waals surface area contributed by atoms with E-state index in [2.05, 4.69) is 15.4 Å². The Balaban J connectivity index is 1.05. The summed E-state index contributed by atoms with van der Waals surface area (Å²) < 4.78 is 46.9. The second-order valence-corrected chi connectivity index (χ2v) is 18.2. The molecule has 2 aromatic heterocycles. The number of fused-ring (bicyclic) bond motifs is 6. The maximum atomic E-state index is 14.7. The Morgan fingerprint density at radius 2 is 1.67 bits per heavy atom. The molecule has 4 amide bonds. The van der Waals surface area contributed by atoms with Crippen molar-refractivity contribution in [1.29, 1.82) is 0 Å². The Morgan fingerprint density at radius 3 is 2.47 bits per heavy atom. The fourth-order valence-corrected chi connectivity index (χ4v) is 10.1. The van der Waals surface area contributed by atoms with Gasteiger partial charge in [0.2, 0.25) is 21.8 Å². The van der Waals surface area contributed by atoms with Crippen LogP contribution in [0.25, 0.3) is 33.0 Å². The lowest BCUT2D eigenvalue weighted by molar-refractivity contribution is -0.141. The molecule has 14 nitrogen and oxygen atoms in total. The number of hydrogen-bond donors (Lipinski definition) is 3. The lowest BCUT2D eigenvalue weighted by Gasteiger charge is -2.30. The first-order chi connectivity index (χ1) is 27.6. The summed E-state index contributed by atoms with van der Waals surface area (Å²) >= 11 is 0. The van der Waals surface area contributed by atoms with Crippen LogP contribution >= 0.6 is 0 Å². The number of nitrogens with zero attached hydrogens (tertiary/aromatic N) is 2. The lowest BCUT2D eigenvalue weighted by Crippen LogP contribution is -2.58. The number of para-hydroxylation sites is 2. The van der Waals surface area contributed by atoms with Gasteiger partial charge in [-0.05, 0) is 88.5 Å². The van der Waals surface area contributed by atoms with Gasteiger partial charge in [-0.3, -0.25) is 19.1 Å². The molecule has 300 valence electrons. The van der Waals surface area contributed by atoms with E-state index in [1.807, 2.05) is 60.7 Å². The molecule has 0 spiro atoms. The van der Waals surface area contributed by atoms with Gasteiger partial charge in [0.25, 0.3) is 5.91 Å². The van der Waals surface area contributed by atoms with Gasteiger partial charge < -0.3 is 29.4 Å². The second kappa shape index (κ2) is 15.0. The van der Waals surface area contributed by atoms with E-state index in [0.29, 0.717) is 65.4 Å². The second-order valence-electron chi connectivity index (χ2n) is 16.2. The van der Waals surface area contributed by atoms with Crippen molar-refractivity contribution in [3.05, 3.63) is 60.7 Å². The van der Waals surface area contributed by atoms with E-state index in [9.17, 15) is 27.6 Å². The fourth-order valence-electron chi connectivity index (χ4n) is 8.77. The highest BCUT2D eigenvalue weighted by atomic mass is 32.2. The van der Waals surface area contributed by atoms with Gasteiger partial charge in [-0.1, -0.05) is 49.3 Å². The van der Waals surface area contributed by atoms with Crippen LogP contribution in [0.1, 0.15) is 83.5 Å². The number of carbonyl (C=O) groups is 4. The first-order valence-corrected chi connectivity index (χ1v) is 21.8. The van der Waals surface area contributed by atoms with Crippen LogP contribution in [0.3, 0.4) is 0 Å². The van der Waals surface area contributed by atoms with Crippen LogP contribution in [0, 0.1) is 5.92 Å². The van der Waals surface area contributed by atoms with Crippen LogP contribution < -0.4 is 20.1 Å². The summed E-state index contributed by atoms with van der Waals surface area (Å²) in [5, 5.41) is 6.63. The van der Waals surface area contributed by atoms with Crippen molar-refractivity contribution in [1.82, 2.24) is 25.2 Å². The summed E-state index contributed by atoms with van der Waals surface area (Å²) in [5.74, 6) is -1.86. The van der Waals surface area contributed by atoms with Gasteiger partial charge in [0.05, 0.1) is 17.3 Å². The predicted molar refractivity (Wildman–Crippen MR) is 211 cm³/mol. The number of pyridine rings is 1. The van der Waals surface area contributed by atoms with E-state index in [1.54, 1.807) is 0 Å². The van der Waals surface area contributed by atoms with Gasteiger partial charge in [0.1, 0.15) is 40.9 Å². The Morgan fingerprint density at radius 1 is 0.912 bits per heavy atom. The summed E-state index contributed by atoms with van der Waals surface area (Å²) in [5.41, 5.74) is 0.860. The van der Waals surface area contributed by atoms with E-state index >= 15 is 0 Å². The molecule has 3 N–H and O–H groups in total. The van der Waals surface area contributed by atoms with Crippen LogP contribution in [0.2, 0.25) is 0 Å². The van der Waals surface area contributed by atoms with Crippen molar-refractivity contribution in [2.24, 2.45) is 5.92 Å². The molecule has 4 aromatic rings. The van der Waals surface area contributed by atoms with Gasteiger partial charge >= 0.3 is 6.09 Å². The van der Waals surface area contributed by atoms with E-state index < -0.39 is 68.7 Å².